The van der Waals surface area contributed by atoms with Gasteiger partial charge in [-0.15, -0.1) is 0 Å². The Morgan fingerprint density at radius 3 is 0.741 bits per heavy atom. The fourth-order valence-electron chi connectivity index (χ4n) is 11.1. The molecule has 0 N–H and O–H groups in total. The van der Waals surface area contributed by atoms with Crippen LogP contribution in [0.4, 0.5) is 0 Å². The van der Waals surface area contributed by atoms with Crippen molar-refractivity contribution in [2.24, 2.45) is 0 Å². The van der Waals surface area contributed by atoms with E-state index in [1.165, 1.54) is 283 Å². The molecule has 81 heavy (non-hydrogen) atoms. The fraction of sp³-hybridized carbons (Fsp3) is 0.880. The summed E-state index contributed by atoms with van der Waals surface area (Å²) in [7, 11) is 0. The van der Waals surface area contributed by atoms with Crippen molar-refractivity contribution in [3.8, 4) is 0 Å². The lowest BCUT2D eigenvalue weighted by Crippen LogP contribution is -2.30. The zero-order chi connectivity index (χ0) is 58.5. The number of carbonyl (C=O) groups is 3. The number of allylic oxidation sites excluding steroid dienone is 6. The Bertz CT molecular complexity index is 1350. The summed E-state index contributed by atoms with van der Waals surface area (Å²) in [5.74, 6) is -0.856. The van der Waals surface area contributed by atoms with Gasteiger partial charge >= 0.3 is 17.9 Å². The molecule has 476 valence electrons. The van der Waals surface area contributed by atoms with Crippen molar-refractivity contribution in [2.75, 3.05) is 13.2 Å². The van der Waals surface area contributed by atoms with Gasteiger partial charge in [0.2, 0.25) is 0 Å². The first-order chi connectivity index (χ1) is 40.0. The van der Waals surface area contributed by atoms with Crippen LogP contribution in [-0.4, -0.2) is 37.2 Å². The molecule has 0 radical (unpaired) electrons. The number of hydrogen-bond acceptors (Lipinski definition) is 6. The van der Waals surface area contributed by atoms with E-state index < -0.39 is 6.10 Å². The average molecular weight is 1140 g/mol. The van der Waals surface area contributed by atoms with Gasteiger partial charge in [0.1, 0.15) is 13.2 Å². The Kier molecular flexibility index (Phi) is 68.1. The SMILES string of the molecule is CCC/C=C\C/C=C\CCCCCCCC(=O)OCC(COC(=O)CCCCCCCCCCCCCCCCC/C=C\CCCCCCCCCC)OC(=O)CCCCCCCCCCCCCCCCCCCCCCCCC. The van der Waals surface area contributed by atoms with Gasteiger partial charge < -0.3 is 14.2 Å². The first-order valence-electron chi connectivity index (χ1n) is 36.5. The lowest BCUT2D eigenvalue weighted by atomic mass is 10.0. The number of unbranched alkanes of at least 4 members (excludes halogenated alkanes) is 51. The van der Waals surface area contributed by atoms with E-state index >= 15 is 0 Å². The van der Waals surface area contributed by atoms with Gasteiger partial charge in [0.25, 0.3) is 0 Å². The number of ether oxygens (including phenoxy) is 3. The smallest absolute Gasteiger partial charge is 0.306 e. The van der Waals surface area contributed by atoms with E-state index in [2.05, 4.69) is 57.2 Å². The van der Waals surface area contributed by atoms with E-state index in [1.807, 2.05) is 0 Å². The highest BCUT2D eigenvalue weighted by molar-refractivity contribution is 5.71. The molecular weight excluding hydrogens is 997 g/mol. The molecule has 0 saturated heterocycles. The molecule has 0 aromatic carbocycles. The molecule has 0 saturated carbocycles. The van der Waals surface area contributed by atoms with Crippen LogP contribution in [0.2, 0.25) is 0 Å². The predicted octanol–water partition coefficient (Wildman–Crippen LogP) is 25.1. The molecule has 0 rings (SSSR count). The average Bonchev–Trinajstić information content (AvgIpc) is 3.46. The van der Waals surface area contributed by atoms with Gasteiger partial charge in [-0.05, 0) is 70.6 Å². The van der Waals surface area contributed by atoms with Crippen LogP contribution in [0.25, 0.3) is 0 Å². The lowest BCUT2D eigenvalue weighted by Gasteiger charge is -2.18. The molecule has 0 aliphatic heterocycles. The molecule has 0 bridgehead atoms. The van der Waals surface area contributed by atoms with Gasteiger partial charge in [0, 0.05) is 19.3 Å². The maximum Gasteiger partial charge on any atom is 0.306 e. The number of rotatable bonds is 68. The Balaban J connectivity index is 4.20. The second kappa shape index (κ2) is 70.1. The molecule has 0 aliphatic carbocycles. The van der Waals surface area contributed by atoms with Crippen LogP contribution in [0, 0.1) is 0 Å². The van der Waals surface area contributed by atoms with Crippen molar-refractivity contribution < 1.29 is 28.6 Å². The molecule has 1 atom stereocenters. The molecule has 0 aliphatic rings. The van der Waals surface area contributed by atoms with Crippen LogP contribution in [0.5, 0.6) is 0 Å². The second-order valence-corrected chi connectivity index (χ2v) is 24.9. The van der Waals surface area contributed by atoms with Gasteiger partial charge in [-0.1, -0.05) is 353 Å². The summed E-state index contributed by atoms with van der Waals surface area (Å²) in [6.45, 7) is 6.64. The van der Waals surface area contributed by atoms with E-state index in [1.54, 1.807) is 0 Å². The maximum absolute atomic E-state index is 13.0. The predicted molar refractivity (Wildman–Crippen MR) is 353 cm³/mol. The lowest BCUT2D eigenvalue weighted by molar-refractivity contribution is -0.167. The third-order valence-electron chi connectivity index (χ3n) is 16.6. The molecular formula is C75H140O6. The van der Waals surface area contributed by atoms with Crippen molar-refractivity contribution in [1.29, 1.82) is 0 Å². The van der Waals surface area contributed by atoms with E-state index in [9.17, 15) is 14.4 Å². The van der Waals surface area contributed by atoms with Crippen LogP contribution in [0.15, 0.2) is 36.5 Å². The van der Waals surface area contributed by atoms with Gasteiger partial charge in [-0.3, -0.25) is 14.4 Å². The van der Waals surface area contributed by atoms with E-state index in [0.717, 1.165) is 83.5 Å². The van der Waals surface area contributed by atoms with Crippen LogP contribution in [-0.2, 0) is 28.6 Å². The van der Waals surface area contributed by atoms with Gasteiger partial charge in [0.05, 0.1) is 0 Å². The van der Waals surface area contributed by atoms with Gasteiger partial charge in [-0.2, -0.15) is 0 Å². The largest absolute Gasteiger partial charge is 0.462 e. The minimum absolute atomic E-state index is 0.0714. The van der Waals surface area contributed by atoms with Crippen LogP contribution < -0.4 is 0 Å². The highest BCUT2D eigenvalue weighted by Gasteiger charge is 2.19. The summed E-state index contributed by atoms with van der Waals surface area (Å²) < 4.78 is 17.0. The summed E-state index contributed by atoms with van der Waals surface area (Å²) in [6.07, 6.45) is 87.6. The molecule has 0 heterocycles. The quantitative estimate of drug-likeness (QED) is 0.0261. The van der Waals surface area contributed by atoms with E-state index in [-0.39, 0.29) is 31.1 Å². The van der Waals surface area contributed by atoms with Crippen molar-refractivity contribution in [2.45, 2.75) is 412 Å². The standard InChI is InChI=1S/C75H140O6/c1-4-7-10-13-16-19-22-25-27-29-31-33-35-36-37-38-40-41-43-45-47-50-53-56-59-62-65-68-74(77)80-71-72(70-79-73(76)67-64-61-58-55-52-49-24-21-18-15-12-9-6-3)81-75(78)69-66-63-60-57-54-51-48-46-44-42-39-34-32-30-28-26-23-20-17-14-11-8-5-2/h12,15,21,24,29,31,72H,4-11,13-14,16-20,22-23,25-28,30,32-71H2,1-3H3/b15-12-,24-21-,31-29-. The molecule has 0 amide bonds. The van der Waals surface area contributed by atoms with Crippen molar-refractivity contribution >= 4 is 17.9 Å². The van der Waals surface area contributed by atoms with E-state index in [0.29, 0.717) is 19.3 Å². The van der Waals surface area contributed by atoms with Crippen molar-refractivity contribution in [3.05, 3.63) is 36.5 Å². The van der Waals surface area contributed by atoms with Crippen LogP contribution >= 0.6 is 0 Å². The third kappa shape index (κ3) is 68.3. The molecule has 6 heteroatoms. The highest BCUT2D eigenvalue weighted by Crippen LogP contribution is 2.19. The summed E-state index contributed by atoms with van der Waals surface area (Å²) in [4.78, 5) is 38.4. The third-order valence-corrected chi connectivity index (χ3v) is 16.6. The monoisotopic (exact) mass is 1140 g/mol. The molecule has 0 aromatic rings. The molecule has 1 unspecified atom stereocenters. The minimum atomic E-state index is -0.776. The summed E-state index contributed by atoms with van der Waals surface area (Å²) in [6, 6.07) is 0. The molecule has 0 aromatic heterocycles. The Hall–Kier alpha value is -2.37. The van der Waals surface area contributed by atoms with Crippen LogP contribution in [0.1, 0.15) is 406 Å². The molecule has 0 spiro atoms. The number of carbonyl (C=O) groups excluding carboxylic acids is 3. The molecule has 6 nitrogen and oxygen atoms in total. The Morgan fingerprint density at radius 2 is 0.469 bits per heavy atom. The Morgan fingerprint density at radius 1 is 0.247 bits per heavy atom. The minimum Gasteiger partial charge on any atom is -0.462 e. The maximum atomic E-state index is 13.0. The van der Waals surface area contributed by atoms with Gasteiger partial charge in [0.15, 0.2) is 6.10 Å². The number of hydrogen-bond donors (Lipinski definition) is 0. The van der Waals surface area contributed by atoms with E-state index in [4.69, 9.17) is 14.2 Å². The summed E-state index contributed by atoms with van der Waals surface area (Å²) in [5, 5.41) is 0. The van der Waals surface area contributed by atoms with Crippen LogP contribution in [0.3, 0.4) is 0 Å². The topological polar surface area (TPSA) is 78.9 Å². The summed E-state index contributed by atoms with van der Waals surface area (Å²) >= 11 is 0. The number of esters is 3. The molecule has 0 fully saturated rings. The zero-order valence-electron chi connectivity index (χ0n) is 54.8. The Labute approximate surface area is 506 Å². The first-order valence-corrected chi connectivity index (χ1v) is 36.5. The van der Waals surface area contributed by atoms with Crippen molar-refractivity contribution in [3.63, 3.8) is 0 Å². The zero-order valence-corrected chi connectivity index (χ0v) is 54.8. The normalized spacial score (nSPS) is 12.2. The van der Waals surface area contributed by atoms with Crippen molar-refractivity contribution in [1.82, 2.24) is 0 Å². The first kappa shape index (κ1) is 78.6. The highest BCUT2D eigenvalue weighted by atomic mass is 16.6. The fourth-order valence-corrected chi connectivity index (χ4v) is 11.1. The second-order valence-electron chi connectivity index (χ2n) is 24.9. The summed E-state index contributed by atoms with van der Waals surface area (Å²) in [5.41, 5.74) is 0. The van der Waals surface area contributed by atoms with Gasteiger partial charge in [-0.25, -0.2) is 0 Å².